The Bertz CT molecular complexity index is 378. The van der Waals surface area contributed by atoms with Gasteiger partial charge in [-0.05, 0) is 24.2 Å². The van der Waals surface area contributed by atoms with E-state index in [1.165, 1.54) is 6.07 Å². The number of alkyl halides is 3. The molecule has 0 amide bonds. The first-order chi connectivity index (χ1) is 7.81. The first-order valence-corrected chi connectivity index (χ1v) is 5.08. The summed E-state index contributed by atoms with van der Waals surface area (Å²) in [4.78, 5) is 1.14. The van der Waals surface area contributed by atoms with E-state index in [1.807, 2.05) is 0 Å². The highest BCUT2D eigenvalue weighted by Gasteiger charge is 2.30. The molecule has 0 saturated carbocycles. The number of phenolic OH excluding ortho intramolecular Hbond substituents is 1. The van der Waals surface area contributed by atoms with Gasteiger partial charge in [-0.2, -0.15) is 13.2 Å². The molecular formula is C11H13F4NO. The summed E-state index contributed by atoms with van der Waals surface area (Å²) in [5, 5.41) is 8.95. The molecule has 0 spiro atoms. The van der Waals surface area contributed by atoms with Crippen LogP contribution in [0.4, 0.5) is 17.6 Å². The molecule has 0 aliphatic carbocycles. The molecule has 0 heterocycles. The summed E-state index contributed by atoms with van der Waals surface area (Å²) in [6.07, 6.45) is -4.27. The highest BCUT2D eigenvalue weighted by molar-refractivity contribution is 5.27. The molecule has 6 heteroatoms. The Morgan fingerprint density at radius 2 is 1.94 bits per heavy atom. The van der Waals surface area contributed by atoms with Crippen LogP contribution >= 0.6 is 0 Å². The predicted octanol–water partition coefficient (Wildman–Crippen LogP) is 2.92. The van der Waals surface area contributed by atoms with Crippen LogP contribution in [0.25, 0.3) is 0 Å². The second-order valence-corrected chi connectivity index (χ2v) is 3.70. The number of nitrogens with zero attached hydrogens (tertiary/aromatic N) is 1. The second-order valence-electron chi connectivity index (χ2n) is 3.70. The lowest BCUT2D eigenvalue weighted by molar-refractivity contribution is -0.146. The highest BCUT2D eigenvalue weighted by Crippen LogP contribution is 2.20. The number of aromatic hydroxyl groups is 1. The van der Waals surface area contributed by atoms with Crippen LogP contribution in [-0.2, 0) is 6.54 Å². The zero-order chi connectivity index (χ0) is 13.1. The maximum Gasteiger partial charge on any atom is 0.401 e. The largest absolute Gasteiger partial charge is 0.505 e. The Labute approximate surface area is 96.5 Å². The second kappa shape index (κ2) is 5.35. The SMILES string of the molecule is CCN(Cc1ccc(O)c(F)c1)CC(F)(F)F. The molecule has 0 aromatic heterocycles. The lowest BCUT2D eigenvalue weighted by Gasteiger charge is -2.21. The smallest absolute Gasteiger partial charge is 0.401 e. The summed E-state index contributed by atoms with van der Waals surface area (Å²) in [6, 6.07) is 3.57. The van der Waals surface area contributed by atoms with E-state index in [1.54, 1.807) is 6.92 Å². The maximum atomic E-state index is 13.0. The standard InChI is InChI=1S/C11H13F4NO/c1-2-16(7-11(13,14)15)6-8-3-4-10(17)9(12)5-8/h3-5,17H,2,6-7H2,1H3. The first kappa shape index (κ1) is 13.8. The van der Waals surface area contributed by atoms with E-state index >= 15 is 0 Å². The van der Waals surface area contributed by atoms with Gasteiger partial charge >= 0.3 is 6.18 Å². The van der Waals surface area contributed by atoms with Gasteiger partial charge in [-0.25, -0.2) is 4.39 Å². The van der Waals surface area contributed by atoms with Crippen molar-refractivity contribution < 1.29 is 22.7 Å². The fourth-order valence-electron chi connectivity index (χ4n) is 1.44. The van der Waals surface area contributed by atoms with Crippen molar-refractivity contribution in [2.24, 2.45) is 0 Å². The van der Waals surface area contributed by atoms with E-state index in [9.17, 15) is 17.6 Å². The van der Waals surface area contributed by atoms with Gasteiger partial charge in [-0.3, -0.25) is 4.90 Å². The minimum atomic E-state index is -4.27. The van der Waals surface area contributed by atoms with Crippen molar-refractivity contribution in [3.63, 3.8) is 0 Å². The molecule has 0 atom stereocenters. The van der Waals surface area contributed by atoms with Crippen LogP contribution in [0.2, 0.25) is 0 Å². The molecule has 17 heavy (non-hydrogen) atoms. The van der Waals surface area contributed by atoms with Crippen LogP contribution in [0, 0.1) is 5.82 Å². The van der Waals surface area contributed by atoms with E-state index < -0.39 is 24.3 Å². The van der Waals surface area contributed by atoms with E-state index in [-0.39, 0.29) is 13.1 Å². The Morgan fingerprint density at radius 1 is 1.29 bits per heavy atom. The first-order valence-electron chi connectivity index (χ1n) is 5.08. The number of benzene rings is 1. The van der Waals surface area contributed by atoms with Gasteiger partial charge < -0.3 is 5.11 Å². The molecular weight excluding hydrogens is 238 g/mol. The number of hydrogen-bond acceptors (Lipinski definition) is 2. The van der Waals surface area contributed by atoms with Crippen molar-refractivity contribution in [1.82, 2.24) is 4.90 Å². The van der Waals surface area contributed by atoms with Crippen LogP contribution < -0.4 is 0 Å². The Morgan fingerprint density at radius 3 is 2.41 bits per heavy atom. The van der Waals surface area contributed by atoms with Crippen molar-refractivity contribution in [2.45, 2.75) is 19.6 Å². The summed E-state index contributed by atoms with van der Waals surface area (Å²) >= 11 is 0. The molecule has 1 N–H and O–H groups in total. The van der Waals surface area contributed by atoms with Crippen molar-refractivity contribution in [3.05, 3.63) is 29.6 Å². The van der Waals surface area contributed by atoms with Crippen LogP contribution in [-0.4, -0.2) is 29.3 Å². The van der Waals surface area contributed by atoms with E-state index in [0.717, 1.165) is 17.0 Å². The third kappa shape index (κ3) is 4.60. The third-order valence-corrected chi connectivity index (χ3v) is 2.27. The molecule has 1 rings (SSSR count). The van der Waals surface area contributed by atoms with Gasteiger partial charge in [0.05, 0.1) is 6.54 Å². The molecule has 0 bridgehead atoms. The minimum absolute atomic E-state index is 0.00674. The summed E-state index contributed by atoms with van der Waals surface area (Å²) in [6.45, 7) is 0.768. The Kier molecular flexibility index (Phi) is 4.34. The normalized spacial score (nSPS) is 12.1. The Balaban J connectivity index is 2.70. The van der Waals surface area contributed by atoms with E-state index in [4.69, 9.17) is 5.11 Å². The predicted molar refractivity (Wildman–Crippen MR) is 55.1 cm³/mol. The number of halogens is 4. The number of phenols is 1. The van der Waals surface area contributed by atoms with Crippen molar-refractivity contribution >= 4 is 0 Å². The average Bonchev–Trinajstić information content (AvgIpc) is 2.20. The van der Waals surface area contributed by atoms with E-state index in [0.29, 0.717) is 5.56 Å². The molecule has 0 fully saturated rings. The highest BCUT2D eigenvalue weighted by atomic mass is 19.4. The molecule has 2 nitrogen and oxygen atoms in total. The molecule has 0 radical (unpaired) electrons. The third-order valence-electron chi connectivity index (χ3n) is 2.27. The quantitative estimate of drug-likeness (QED) is 0.832. The van der Waals surface area contributed by atoms with Crippen molar-refractivity contribution in [1.29, 1.82) is 0 Å². The monoisotopic (exact) mass is 251 g/mol. The molecule has 0 saturated heterocycles. The van der Waals surface area contributed by atoms with Crippen LogP contribution in [0.1, 0.15) is 12.5 Å². The average molecular weight is 251 g/mol. The summed E-state index contributed by atoms with van der Waals surface area (Å²) in [5.41, 5.74) is 0.395. The molecule has 96 valence electrons. The van der Waals surface area contributed by atoms with Gasteiger partial charge in [0, 0.05) is 6.54 Å². The van der Waals surface area contributed by atoms with E-state index in [2.05, 4.69) is 0 Å². The van der Waals surface area contributed by atoms with Gasteiger partial charge in [0.1, 0.15) is 0 Å². The van der Waals surface area contributed by atoms with Gasteiger partial charge in [0.15, 0.2) is 11.6 Å². The van der Waals surface area contributed by atoms with Gasteiger partial charge in [-0.15, -0.1) is 0 Å². The molecule has 1 aromatic carbocycles. The fourth-order valence-corrected chi connectivity index (χ4v) is 1.44. The number of rotatable bonds is 4. The molecule has 0 aliphatic heterocycles. The van der Waals surface area contributed by atoms with Crippen LogP contribution in [0.15, 0.2) is 18.2 Å². The van der Waals surface area contributed by atoms with Crippen LogP contribution in [0.3, 0.4) is 0 Å². The van der Waals surface area contributed by atoms with Gasteiger partial charge in [-0.1, -0.05) is 13.0 Å². The zero-order valence-corrected chi connectivity index (χ0v) is 9.26. The Hall–Kier alpha value is -1.30. The summed E-state index contributed by atoms with van der Waals surface area (Å²) < 4.78 is 49.5. The maximum absolute atomic E-state index is 13.0. The van der Waals surface area contributed by atoms with Crippen molar-refractivity contribution in [3.8, 4) is 5.75 Å². The lowest BCUT2D eigenvalue weighted by Crippen LogP contribution is -2.33. The lowest BCUT2D eigenvalue weighted by atomic mass is 10.2. The summed E-state index contributed by atoms with van der Waals surface area (Å²) in [5.74, 6) is -1.34. The molecule has 0 aliphatic rings. The number of hydrogen-bond donors (Lipinski definition) is 1. The van der Waals surface area contributed by atoms with Crippen LogP contribution in [0.5, 0.6) is 5.75 Å². The summed E-state index contributed by atoms with van der Waals surface area (Å²) in [7, 11) is 0. The fraction of sp³-hybridized carbons (Fsp3) is 0.455. The molecule has 1 aromatic rings. The van der Waals surface area contributed by atoms with Crippen molar-refractivity contribution in [2.75, 3.05) is 13.1 Å². The van der Waals surface area contributed by atoms with Gasteiger partial charge in [0.25, 0.3) is 0 Å². The molecule has 0 unspecified atom stereocenters. The topological polar surface area (TPSA) is 23.5 Å². The minimum Gasteiger partial charge on any atom is -0.505 e. The zero-order valence-electron chi connectivity index (χ0n) is 9.26. The van der Waals surface area contributed by atoms with Gasteiger partial charge in [0.2, 0.25) is 0 Å².